The van der Waals surface area contributed by atoms with Crippen molar-refractivity contribution in [2.75, 3.05) is 17.7 Å². The van der Waals surface area contributed by atoms with Gasteiger partial charge in [0.1, 0.15) is 0 Å². The highest BCUT2D eigenvalue weighted by atomic mass is 19.4. The Balaban J connectivity index is 1.94. The van der Waals surface area contributed by atoms with Gasteiger partial charge in [0.25, 0.3) is 5.91 Å². The van der Waals surface area contributed by atoms with E-state index in [1.165, 1.54) is 25.3 Å². The number of carbonyl (C=O) groups is 2. The van der Waals surface area contributed by atoms with Crippen LogP contribution in [0.1, 0.15) is 36.5 Å². The van der Waals surface area contributed by atoms with Crippen LogP contribution in [0, 0.1) is 0 Å². The molecule has 3 amide bonds. The summed E-state index contributed by atoms with van der Waals surface area (Å²) in [4.78, 5) is 28.8. The number of urea groups is 1. The van der Waals surface area contributed by atoms with Gasteiger partial charge >= 0.3 is 18.1 Å². The molecule has 0 unspecified atom stereocenters. The first-order valence-electron chi connectivity index (χ1n) is 10.8. The Morgan fingerprint density at radius 1 is 1.03 bits per heavy atom. The summed E-state index contributed by atoms with van der Waals surface area (Å²) in [5.74, 6) is -5.38. The highest BCUT2D eigenvalue weighted by Crippen LogP contribution is 2.34. The lowest BCUT2D eigenvalue weighted by molar-refractivity contribution is -0.147. The third-order valence-corrected chi connectivity index (χ3v) is 5.16. The molecule has 0 saturated heterocycles. The second-order valence-corrected chi connectivity index (χ2v) is 8.24. The van der Waals surface area contributed by atoms with Crippen molar-refractivity contribution in [2.24, 2.45) is 10.7 Å². The number of amides is 3. The van der Waals surface area contributed by atoms with Crippen LogP contribution < -0.4 is 21.7 Å². The van der Waals surface area contributed by atoms with Gasteiger partial charge in [-0.1, -0.05) is 18.2 Å². The second-order valence-electron chi connectivity index (χ2n) is 8.24. The lowest BCUT2D eigenvalue weighted by Gasteiger charge is -2.19. The summed E-state index contributed by atoms with van der Waals surface area (Å²) in [5.41, 5.74) is 4.49. The van der Waals surface area contributed by atoms with Crippen molar-refractivity contribution in [3.8, 4) is 0 Å². The molecule has 5 N–H and O–H groups in total. The largest absolute Gasteiger partial charge is 0.416 e. The Kier molecular flexibility index (Phi) is 7.65. The van der Waals surface area contributed by atoms with E-state index < -0.39 is 35.2 Å². The number of benzene rings is 2. The van der Waals surface area contributed by atoms with Gasteiger partial charge < -0.3 is 21.7 Å². The smallest absolute Gasteiger partial charge is 0.402 e. The van der Waals surface area contributed by atoms with Crippen molar-refractivity contribution in [1.82, 2.24) is 5.32 Å². The van der Waals surface area contributed by atoms with Crippen LogP contribution in [0.25, 0.3) is 0 Å². The minimum absolute atomic E-state index is 0.158. The predicted octanol–water partition coefficient (Wildman–Crippen LogP) is 5.00. The van der Waals surface area contributed by atoms with Crippen molar-refractivity contribution in [1.29, 1.82) is 0 Å². The van der Waals surface area contributed by atoms with Gasteiger partial charge in [0.15, 0.2) is 0 Å². The van der Waals surface area contributed by atoms with Crippen molar-refractivity contribution in [3.63, 3.8) is 0 Å². The molecule has 2 aromatic carbocycles. The number of nitrogens with zero attached hydrogens (tertiary/aromatic N) is 1. The van der Waals surface area contributed by atoms with Gasteiger partial charge in [0.2, 0.25) is 0 Å². The minimum atomic E-state index is -4.62. The summed E-state index contributed by atoms with van der Waals surface area (Å²) < 4.78 is 68.7. The van der Waals surface area contributed by atoms with Gasteiger partial charge in [-0.2, -0.15) is 22.0 Å². The third-order valence-electron chi connectivity index (χ3n) is 5.16. The molecular weight excluding hydrogens is 485 g/mol. The normalized spacial score (nSPS) is 14.9. The number of nitrogens with one attached hydrogen (secondary N) is 3. The van der Waals surface area contributed by atoms with Gasteiger partial charge in [-0.25, -0.2) is 4.79 Å². The number of allylic oxidation sites excluding steroid dienone is 2. The number of anilines is 2. The molecule has 1 aliphatic rings. The van der Waals surface area contributed by atoms with Crippen molar-refractivity contribution in [3.05, 3.63) is 70.9 Å². The Morgan fingerprint density at radius 3 is 2.31 bits per heavy atom. The number of nitrogens with two attached hydrogens (primary N) is 1. The molecule has 0 atom stereocenters. The molecule has 1 fully saturated rings. The van der Waals surface area contributed by atoms with E-state index in [0.717, 1.165) is 30.3 Å². The topological polar surface area (TPSA) is 109 Å². The van der Waals surface area contributed by atoms with Gasteiger partial charge in [-0.15, -0.1) is 0 Å². The molecular formula is C24H24F5N5O2. The maximum absolute atomic E-state index is 14.9. The molecule has 36 heavy (non-hydrogen) atoms. The van der Waals surface area contributed by atoms with Crippen molar-refractivity contribution >= 4 is 29.0 Å². The Labute approximate surface area is 203 Å². The zero-order chi connectivity index (χ0) is 26.7. The van der Waals surface area contributed by atoms with Crippen molar-refractivity contribution < 1.29 is 31.5 Å². The van der Waals surface area contributed by atoms with Crippen LogP contribution in [0.4, 0.5) is 38.1 Å². The molecule has 1 saturated carbocycles. The standard InChI is InChI=1S/C24H24F5N5O2/c1-13(30)10-19(31-2)18-9-6-14(23(25,26)21(35)32-16-7-8-16)12-20(18)34-22(36)33-17-5-3-4-15(11-17)24(27,28)29/h3-6,9-12,16H,7-8,30H2,1-2H3,(H,32,35)(H2,33,34,36). The van der Waals surface area contributed by atoms with Crippen LogP contribution >= 0.6 is 0 Å². The predicted molar refractivity (Wildman–Crippen MR) is 126 cm³/mol. The van der Waals surface area contributed by atoms with E-state index in [1.54, 1.807) is 6.92 Å². The maximum Gasteiger partial charge on any atom is 0.416 e. The molecule has 192 valence electrons. The van der Waals surface area contributed by atoms with E-state index >= 15 is 0 Å². The highest BCUT2D eigenvalue weighted by molar-refractivity contribution is 6.14. The SMILES string of the molecule is CN=C(C=C(C)N)c1ccc(C(F)(F)C(=O)NC2CC2)cc1NC(=O)Nc1cccc(C(F)(F)F)c1. The molecule has 3 rings (SSSR count). The van der Waals surface area contributed by atoms with E-state index in [0.29, 0.717) is 18.5 Å². The fourth-order valence-corrected chi connectivity index (χ4v) is 3.24. The minimum Gasteiger partial charge on any atom is -0.402 e. The molecule has 0 spiro atoms. The highest BCUT2D eigenvalue weighted by Gasteiger charge is 2.43. The zero-order valence-corrected chi connectivity index (χ0v) is 19.3. The lowest BCUT2D eigenvalue weighted by atomic mass is 10.00. The fourth-order valence-electron chi connectivity index (χ4n) is 3.24. The van der Waals surface area contributed by atoms with Gasteiger partial charge in [0, 0.05) is 35.6 Å². The molecule has 0 aromatic heterocycles. The number of hydrogen-bond acceptors (Lipinski definition) is 4. The van der Waals surface area contributed by atoms with E-state index in [4.69, 9.17) is 5.73 Å². The van der Waals surface area contributed by atoms with Crippen LogP contribution in [0.3, 0.4) is 0 Å². The van der Waals surface area contributed by atoms with E-state index in [2.05, 4.69) is 20.9 Å². The van der Waals surface area contributed by atoms with Gasteiger partial charge in [-0.05, 0) is 50.1 Å². The first-order chi connectivity index (χ1) is 16.8. The van der Waals surface area contributed by atoms with Crippen LogP contribution in [0.15, 0.2) is 59.2 Å². The molecule has 12 heteroatoms. The molecule has 0 radical (unpaired) electrons. The lowest BCUT2D eigenvalue weighted by Crippen LogP contribution is -2.39. The third kappa shape index (κ3) is 6.58. The van der Waals surface area contributed by atoms with E-state index in [1.807, 2.05) is 0 Å². The Hall–Kier alpha value is -3.96. The maximum atomic E-state index is 14.9. The average Bonchev–Trinajstić information content (AvgIpc) is 3.61. The summed E-state index contributed by atoms with van der Waals surface area (Å²) in [7, 11) is 1.42. The summed E-state index contributed by atoms with van der Waals surface area (Å²) in [6, 6.07) is 5.81. The number of carbonyl (C=O) groups excluding carboxylic acids is 2. The Morgan fingerprint density at radius 2 is 1.72 bits per heavy atom. The van der Waals surface area contributed by atoms with Crippen LogP contribution in [-0.2, 0) is 16.9 Å². The Bertz CT molecular complexity index is 1220. The first-order valence-corrected chi connectivity index (χ1v) is 10.8. The van der Waals surface area contributed by atoms with E-state index in [-0.39, 0.29) is 28.7 Å². The first kappa shape index (κ1) is 26.6. The van der Waals surface area contributed by atoms with Gasteiger partial charge in [-0.3, -0.25) is 9.79 Å². The molecule has 0 aliphatic heterocycles. The zero-order valence-electron chi connectivity index (χ0n) is 19.3. The summed E-state index contributed by atoms with van der Waals surface area (Å²) in [6.07, 6.45) is -1.95. The summed E-state index contributed by atoms with van der Waals surface area (Å²) in [6.45, 7) is 1.57. The number of alkyl halides is 5. The number of aliphatic imine (C=N–C) groups is 1. The quantitative estimate of drug-likeness (QED) is 0.312. The molecule has 7 nitrogen and oxygen atoms in total. The summed E-state index contributed by atoms with van der Waals surface area (Å²) in [5, 5.41) is 6.86. The van der Waals surface area contributed by atoms with Crippen LogP contribution in [-0.4, -0.2) is 30.7 Å². The second kappa shape index (κ2) is 10.3. The van der Waals surface area contributed by atoms with Crippen LogP contribution in [0.2, 0.25) is 0 Å². The molecule has 0 heterocycles. The van der Waals surface area contributed by atoms with Gasteiger partial charge in [0.05, 0.1) is 17.0 Å². The summed E-state index contributed by atoms with van der Waals surface area (Å²) >= 11 is 0. The average molecular weight is 509 g/mol. The monoisotopic (exact) mass is 509 g/mol. The number of hydrogen-bond donors (Lipinski definition) is 4. The molecule has 1 aliphatic carbocycles. The molecule has 2 aromatic rings. The number of halogens is 5. The number of rotatable bonds is 7. The fraction of sp³-hybridized carbons (Fsp3) is 0.292. The van der Waals surface area contributed by atoms with Crippen LogP contribution in [0.5, 0.6) is 0 Å². The molecule has 0 bridgehead atoms. The van der Waals surface area contributed by atoms with E-state index in [9.17, 15) is 31.5 Å². The van der Waals surface area contributed by atoms with Crippen molar-refractivity contribution in [2.45, 2.75) is 37.9 Å².